The van der Waals surface area contributed by atoms with Crippen LogP contribution in [0.2, 0.25) is 0 Å². The van der Waals surface area contributed by atoms with E-state index in [1.165, 1.54) is 0 Å². The van der Waals surface area contributed by atoms with Gasteiger partial charge in [-0.2, -0.15) is 5.26 Å². The van der Waals surface area contributed by atoms with E-state index in [1.54, 1.807) is 24.3 Å². The number of rotatable bonds is 12. The Labute approximate surface area is 159 Å². The molecular formula is C18H29ClN2O3S. The first-order valence-electron chi connectivity index (χ1n) is 8.47. The molecule has 7 heteroatoms. The Kier molecular flexibility index (Phi) is 13.4. The van der Waals surface area contributed by atoms with Gasteiger partial charge in [0.1, 0.15) is 18.5 Å². The van der Waals surface area contributed by atoms with Gasteiger partial charge in [-0.1, -0.05) is 13.8 Å². The van der Waals surface area contributed by atoms with Crippen LogP contribution in [0.15, 0.2) is 24.3 Å². The third-order valence-corrected chi connectivity index (χ3v) is 5.23. The van der Waals surface area contributed by atoms with E-state index in [0.717, 1.165) is 37.4 Å². The number of benzene rings is 1. The Morgan fingerprint density at radius 1 is 1.28 bits per heavy atom. The number of hydrogen-bond acceptors (Lipinski definition) is 5. The lowest BCUT2D eigenvalue weighted by molar-refractivity contribution is 0.0700. The molecule has 1 rings (SSSR count). The van der Waals surface area contributed by atoms with Crippen LogP contribution in [-0.4, -0.2) is 58.1 Å². The van der Waals surface area contributed by atoms with Gasteiger partial charge in [0.25, 0.3) is 0 Å². The average Bonchev–Trinajstić information content (AvgIpc) is 2.59. The van der Waals surface area contributed by atoms with Crippen molar-refractivity contribution in [3.8, 4) is 11.8 Å². The molecule has 0 aliphatic rings. The maximum atomic E-state index is 11.6. The number of likely N-dealkylation sites (N-methyl/N-ethyl adjacent to an activating group) is 1. The van der Waals surface area contributed by atoms with Crippen LogP contribution in [0.25, 0.3) is 0 Å². The standard InChI is InChI=1S/C18H28N2O3S.ClH/c1-3-11-24(22)12-5-10-20(4-2)14-17(21)15-23-18-8-6-16(13-19)7-9-18;/h6-9,17,21H,3-5,10-12,14-15H2,1-2H3;1H. The molecule has 142 valence electrons. The van der Waals surface area contributed by atoms with Crippen molar-refractivity contribution in [3.05, 3.63) is 29.8 Å². The van der Waals surface area contributed by atoms with Crippen molar-refractivity contribution in [2.45, 2.75) is 32.8 Å². The SMILES string of the molecule is CCCS(=O)CCCN(CC)CC(O)COc1ccc(C#N)cc1.Cl. The van der Waals surface area contributed by atoms with Crippen LogP contribution in [-0.2, 0) is 10.8 Å². The van der Waals surface area contributed by atoms with Crippen LogP contribution in [0.5, 0.6) is 5.75 Å². The molecule has 1 aromatic carbocycles. The van der Waals surface area contributed by atoms with Crippen molar-refractivity contribution in [1.29, 1.82) is 5.26 Å². The molecule has 0 radical (unpaired) electrons. The molecule has 25 heavy (non-hydrogen) atoms. The van der Waals surface area contributed by atoms with Crippen molar-refractivity contribution in [3.63, 3.8) is 0 Å². The van der Waals surface area contributed by atoms with E-state index in [4.69, 9.17) is 10.00 Å². The smallest absolute Gasteiger partial charge is 0.119 e. The summed E-state index contributed by atoms with van der Waals surface area (Å²) in [5.74, 6) is 2.14. The monoisotopic (exact) mass is 388 g/mol. The van der Waals surface area contributed by atoms with Crippen molar-refractivity contribution >= 4 is 23.2 Å². The van der Waals surface area contributed by atoms with E-state index in [9.17, 15) is 9.32 Å². The summed E-state index contributed by atoms with van der Waals surface area (Å²) in [6, 6.07) is 8.89. The topological polar surface area (TPSA) is 73.6 Å². The zero-order valence-electron chi connectivity index (χ0n) is 15.0. The van der Waals surface area contributed by atoms with E-state index in [-0.39, 0.29) is 19.0 Å². The molecule has 2 atom stereocenters. The number of hydrogen-bond donors (Lipinski definition) is 1. The third kappa shape index (κ3) is 10.5. The van der Waals surface area contributed by atoms with Crippen LogP contribution >= 0.6 is 12.4 Å². The maximum Gasteiger partial charge on any atom is 0.119 e. The summed E-state index contributed by atoms with van der Waals surface area (Å²) in [4.78, 5) is 2.15. The molecule has 0 bridgehead atoms. The fourth-order valence-corrected chi connectivity index (χ4v) is 3.44. The first-order chi connectivity index (χ1) is 11.6. The predicted octanol–water partition coefficient (Wildman–Crippen LogP) is 2.59. The van der Waals surface area contributed by atoms with Crippen LogP contribution in [0.3, 0.4) is 0 Å². The van der Waals surface area contributed by atoms with Crippen LogP contribution in [0.1, 0.15) is 32.3 Å². The predicted molar refractivity (Wildman–Crippen MR) is 105 cm³/mol. The van der Waals surface area contributed by atoms with Gasteiger partial charge >= 0.3 is 0 Å². The zero-order valence-corrected chi connectivity index (χ0v) is 16.7. The highest BCUT2D eigenvalue weighted by molar-refractivity contribution is 7.84. The number of aliphatic hydroxyl groups is 1. The van der Waals surface area contributed by atoms with E-state index >= 15 is 0 Å². The Morgan fingerprint density at radius 2 is 1.96 bits per heavy atom. The van der Waals surface area contributed by atoms with Gasteiger partial charge in [0.05, 0.1) is 11.6 Å². The van der Waals surface area contributed by atoms with Crippen molar-refractivity contribution in [2.24, 2.45) is 0 Å². The second-order valence-electron chi connectivity index (χ2n) is 5.70. The second kappa shape index (κ2) is 14.1. The molecule has 2 unspecified atom stereocenters. The van der Waals surface area contributed by atoms with Gasteiger partial charge < -0.3 is 14.7 Å². The van der Waals surface area contributed by atoms with Gasteiger partial charge in [0, 0.05) is 28.9 Å². The minimum absolute atomic E-state index is 0. The van der Waals surface area contributed by atoms with E-state index < -0.39 is 16.9 Å². The fourth-order valence-electron chi connectivity index (χ4n) is 2.33. The maximum absolute atomic E-state index is 11.6. The molecule has 5 nitrogen and oxygen atoms in total. The Morgan fingerprint density at radius 3 is 2.52 bits per heavy atom. The molecule has 0 amide bonds. The fraction of sp³-hybridized carbons (Fsp3) is 0.611. The van der Waals surface area contributed by atoms with E-state index in [0.29, 0.717) is 17.9 Å². The lowest BCUT2D eigenvalue weighted by Gasteiger charge is -2.23. The van der Waals surface area contributed by atoms with Crippen LogP contribution in [0, 0.1) is 11.3 Å². The number of ether oxygens (including phenoxy) is 1. The van der Waals surface area contributed by atoms with Gasteiger partial charge in [0.15, 0.2) is 0 Å². The molecule has 0 spiro atoms. The molecule has 1 aromatic rings. The minimum Gasteiger partial charge on any atom is -0.491 e. The van der Waals surface area contributed by atoms with Crippen molar-refractivity contribution < 1.29 is 14.1 Å². The summed E-state index contributed by atoms with van der Waals surface area (Å²) in [6.07, 6.45) is 1.25. The zero-order chi connectivity index (χ0) is 17.8. The summed E-state index contributed by atoms with van der Waals surface area (Å²) in [7, 11) is -0.719. The average molecular weight is 389 g/mol. The number of aliphatic hydroxyl groups excluding tert-OH is 1. The first-order valence-corrected chi connectivity index (χ1v) is 9.96. The quantitative estimate of drug-likeness (QED) is 0.595. The third-order valence-electron chi connectivity index (χ3n) is 3.62. The van der Waals surface area contributed by atoms with Gasteiger partial charge in [0.2, 0.25) is 0 Å². The summed E-state index contributed by atoms with van der Waals surface area (Å²) in [6.45, 7) is 6.52. The summed E-state index contributed by atoms with van der Waals surface area (Å²) < 4.78 is 17.2. The highest BCUT2D eigenvalue weighted by atomic mass is 35.5. The first kappa shape index (κ1) is 23.9. The summed E-state index contributed by atoms with van der Waals surface area (Å²) >= 11 is 0. The Bertz CT molecular complexity index is 534. The second-order valence-corrected chi connectivity index (χ2v) is 7.39. The highest BCUT2D eigenvalue weighted by Crippen LogP contribution is 2.12. The molecule has 0 fully saturated rings. The van der Waals surface area contributed by atoms with E-state index in [1.807, 2.05) is 6.92 Å². The van der Waals surface area contributed by atoms with Crippen molar-refractivity contribution in [1.82, 2.24) is 4.90 Å². The van der Waals surface area contributed by atoms with Crippen LogP contribution in [0.4, 0.5) is 0 Å². The highest BCUT2D eigenvalue weighted by Gasteiger charge is 2.11. The lowest BCUT2D eigenvalue weighted by Crippen LogP contribution is -2.36. The van der Waals surface area contributed by atoms with Gasteiger partial charge in [-0.15, -0.1) is 12.4 Å². The number of nitriles is 1. The largest absolute Gasteiger partial charge is 0.491 e. The summed E-state index contributed by atoms with van der Waals surface area (Å²) in [5, 5.41) is 18.9. The summed E-state index contributed by atoms with van der Waals surface area (Å²) in [5.41, 5.74) is 0.584. The molecule has 0 aliphatic heterocycles. The Balaban J connectivity index is 0.00000576. The molecule has 1 N–H and O–H groups in total. The number of halogens is 1. The lowest BCUT2D eigenvalue weighted by atomic mass is 10.2. The molecule has 0 heterocycles. The van der Waals surface area contributed by atoms with Gasteiger partial charge in [-0.05, 0) is 50.2 Å². The Hall–Kier alpha value is -1.13. The molecular weight excluding hydrogens is 360 g/mol. The number of nitrogens with zero attached hydrogens (tertiary/aromatic N) is 2. The van der Waals surface area contributed by atoms with E-state index in [2.05, 4.69) is 17.9 Å². The minimum atomic E-state index is -0.719. The normalized spacial score (nSPS) is 12.9. The van der Waals surface area contributed by atoms with Crippen molar-refractivity contribution in [2.75, 3.05) is 37.7 Å². The molecule has 0 saturated carbocycles. The molecule has 0 aliphatic carbocycles. The van der Waals surface area contributed by atoms with Gasteiger partial charge in [-0.3, -0.25) is 4.21 Å². The van der Waals surface area contributed by atoms with Gasteiger partial charge in [-0.25, -0.2) is 0 Å². The molecule has 0 saturated heterocycles. The van der Waals surface area contributed by atoms with Crippen LogP contribution < -0.4 is 4.74 Å². The molecule has 0 aromatic heterocycles.